The summed E-state index contributed by atoms with van der Waals surface area (Å²) in [6, 6.07) is 12.5. The van der Waals surface area contributed by atoms with Crippen LogP contribution in [-0.2, 0) is 6.42 Å². The van der Waals surface area contributed by atoms with Gasteiger partial charge in [0.2, 0.25) is 0 Å². The van der Waals surface area contributed by atoms with Gasteiger partial charge in [-0.05, 0) is 29.2 Å². The summed E-state index contributed by atoms with van der Waals surface area (Å²) in [5.74, 6) is 0.553. The van der Waals surface area contributed by atoms with Crippen molar-refractivity contribution in [2.45, 2.75) is 6.42 Å². The first-order chi connectivity index (χ1) is 8.38. The van der Waals surface area contributed by atoms with Gasteiger partial charge in [-0.25, -0.2) is 0 Å². The summed E-state index contributed by atoms with van der Waals surface area (Å²) in [4.78, 5) is 4.11. The molecule has 0 bridgehead atoms. The minimum atomic E-state index is 0.553. The Morgan fingerprint density at radius 1 is 1.06 bits per heavy atom. The van der Waals surface area contributed by atoms with Gasteiger partial charge in [0.25, 0.3) is 0 Å². The average Bonchev–Trinajstić information content (AvgIpc) is 2.39. The standard InChI is InChI=1S/C15H14ClN/c16-9-1-3-13-5-7-14(8-6-13)11-15-4-2-10-17-12-15/h1-8,10,12H,9,11H2/b3-1+. The number of hydrogen-bond acceptors (Lipinski definition) is 1. The lowest BCUT2D eigenvalue weighted by atomic mass is 10.0. The van der Waals surface area contributed by atoms with Crippen molar-refractivity contribution in [3.63, 3.8) is 0 Å². The average molecular weight is 244 g/mol. The molecule has 0 unspecified atom stereocenters. The molecule has 1 aromatic heterocycles. The van der Waals surface area contributed by atoms with E-state index in [9.17, 15) is 0 Å². The molecule has 0 saturated heterocycles. The van der Waals surface area contributed by atoms with Crippen LogP contribution in [0, 0.1) is 0 Å². The van der Waals surface area contributed by atoms with Crippen molar-refractivity contribution >= 4 is 17.7 Å². The van der Waals surface area contributed by atoms with E-state index >= 15 is 0 Å². The second kappa shape index (κ2) is 6.21. The largest absolute Gasteiger partial charge is 0.264 e. The Balaban J connectivity index is 2.06. The van der Waals surface area contributed by atoms with Gasteiger partial charge in [-0.2, -0.15) is 0 Å². The van der Waals surface area contributed by atoms with E-state index in [1.807, 2.05) is 24.4 Å². The van der Waals surface area contributed by atoms with Crippen LogP contribution in [0.25, 0.3) is 6.08 Å². The van der Waals surface area contributed by atoms with Crippen LogP contribution < -0.4 is 0 Å². The third-order valence-corrected chi connectivity index (χ3v) is 2.69. The van der Waals surface area contributed by atoms with Crippen molar-refractivity contribution in [2.24, 2.45) is 0 Å². The fraction of sp³-hybridized carbons (Fsp3) is 0.133. The molecule has 17 heavy (non-hydrogen) atoms. The van der Waals surface area contributed by atoms with E-state index in [2.05, 4.69) is 35.3 Å². The van der Waals surface area contributed by atoms with Gasteiger partial charge < -0.3 is 0 Å². The highest BCUT2D eigenvalue weighted by molar-refractivity contribution is 6.19. The maximum absolute atomic E-state index is 5.60. The van der Waals surface area contributed by atoms with Crippen LogP contribution in [0.3, 0.4) is 0 Å². The smallest absolute Gasteiger partial charge is 0.0407 e. The molecule has 0 atom stereocenters. The van der Waals surface area contributed by atoms with Crippen molar-refractivity contribution in [2.75, 3.05) is 5.88 Å². The molecular weight excluding hydrogens is 230 g/mol. The minimum absolute atomic E-state index is 0.553. The number of allylic oxidation sites excluding steroid dienone is 1. The van der Waals surface area contributed by atoms with E-state index < -0.39 is 0 Å². The predicted octanol–water partition coefficient (Wildman–Crippen LogP) is 3.92. The van der Waals surface area contributed by atoms with Crippen molar-refractivity contribution in [1.29, 1.82) is 0 Å². The third-order valence-electron chi connectivity index (χ3n) is 2.51. The SMILES string of the molecule is ClC/C=C/c1ccc(Cc2cccnc2)cc1. The molecule has 0 amide bonds. The van der Waals surface area contributed by atoms with Crippen LogP contribution in [0.15, 0.2) is 54.9 Å². The first-order valence-corrected chi connectivity index (χ1v) is 6.12. The number of pyridine rings is 1. The van der Waals surface area contributed by atoms with Gasteiger partial charge in [-0.1, -0.05) is 42.5 Å². The molecule has 0 N–H and O–H groups in total. The van der Waals surface area contributed by atoms with E-state index in [-0.39, 0.29) is 0 Å². The molecule has 86 valence electrons. The van der Waals surface area contributed by atoms with Crippen LogP contribution in [0.1, 0.15) is 16.7 Å². The molecule has 1 nitrogen and oxygen atoms in total. The topological polar surface area (TPSA) is 12.9 Å². The Morgan fingerprint density at radius 2 is 1.88 bits per heavy atom. The van der Waals surface area contributed by atoms with Crippen LogP contribution in [0.5, 0.6) is 0 Å². The number of benzene rings is 1. The molecule has 1 aromatic carbocycles. The number of halogens is 1. The molecule has 0 saturated carbocycles. The summed E-state index contributed by atoms with van der Waals surface area (Å²) in [6.07, 6.45) is 8.59. The third kappa shape index (κ3) is 3.72. The Bertz CT molecular complexity index is 474. The molecule has 0 aliphatic carbocycles. The molecule has 2 heteroatoms. The lowest BCUT2D eigenvalue weighted by Crippen LogP contribution is -1.88. The zero-order valence-corrected chi connectivity index (χ0v) is 10.3. The summed E-state index contributed by atoms with van der Waals surface area (Å²) in [5, 5.41) is 0. The molecule has 2 rings (SSSR count). The van der Waals surface area contributed by atoms with Crippen molar-refractivity contribution in [1.82, 2.24) is 4.98 Å². The van der Waals surface area contributed by atoms with Crippen molar-refractivity contribution in [3.8, 4) is 0 Å². The second-order valence-electron chi connectivity index (χ2n) is 3.84. The van der Waals surface area contributed by atoms with Crippen LogP contribution >= 0.6 is 11.6 Å². The number of nitrogens with zero attached hydrogens (tertiary/aromatic N) is 1. The van der Waals surface area contributed by atoms with Crippen LogP contribution in [0.2, 0.25) is 0 Å². The fourth-order valence-electron chi connectivity index (χ4n) is 1.67. The van der Waals surface area contributed by atoms with E-state index in [4.69, 9.17) is 11.6 Å². The molecule has 1 heterocycles. The Labute approximate surface area is 107 Å². The number of hydrogen-bond donors (Lipinski definition) is 0. The van der Waals surface area contributed by atoms with Gasteiger partial charge in [0.1, 0.15) is 0 Å². The maximum Gasteiger partial charge on any atom is 0.0407 e. The molecule has 2 aromatic rings. The van der Waals surface area contributed by atoms with Gasteiger partial charge >= 0.3 is 0 Å². The van der Waals surface area contributed by atoms with Gasteiger partial charge in [-0.15, -0.1) is 11.6 Å². The van der Waals surface area contributed by atoms with Gasteiger partial charge in [0, 0.05) is 18.3 Å². The Hall–Kier alpha value is -1.60. The Morgan fingerprint density at radius 3 is 2.53 bits per heavy atom. The maximum atomic E-state index is 5.60. The minimum Gasteiger partial charge on any atom is -0.264 e. The highest BCUT2D eigenvalue weighted by Gasteiger charge is 1.95. The predicted molar refractivity (Wildman–Crippen MR) is 73.2 cm³/mol. The van der Waals surface area contributed by atoms with Crippen LogP contribution in [-0.4, -0.2) is 10.9 Å². The summed E-state index contributed by atoms with van der Waals surface area (Å²) >= 11 is 5.60. The van der Waals surface area contributed by atoms with Gasteiger partial charge in [0.05, 0.1) is 0 Å². The number of aromatic nitrogens is 1. The van der Waals surface area contributed by atoms with E-state index in [1.165, 1.54) is 16.7 Å². The zero-order chi connectivity index (χ0) is 11.9. The highest BCUT2D eigenvalue weighted by atomic mass is 35.5. The normalized spacial score (nSPS) is 10.9. The zero-order valence-electron chi connectivity index (χ0n) is 9.51. The lowest BCUT2D eigenvalue weighted by molar-refractivity contribution is 1.14. The van der Waals surface area contributed by atoms with Crippen molar-refractivity contribution < 1.29 is 0 Å². The van der Waals surface area contributed by atoms with E-state index in [0.717, 1.165) is 6.42 Å². The van der Waals surface area contributed by atoms with Crippen molar-refractivity contribution in [3.05, 3.63) is 71.6 Å². The van der Waals surface area contributed by atoms with Gasteiger partial charge in [0.15, 0.2) is 0 Å². The number of alkyl halides is 1. The van der Waals surface area contributed by atoms with Crippen LogP contribution in [0.4, 0.5) is 0 Å². The Kier molecular flexibility index (Phi) is 4.34. The molecule has 0 spiro atoms. The molecular formula is C15H14ClN. The first kappa shape index (κ1) is 11.9. The van der Waals surface area contributed by atoms with Gasteiger partial charge in [-0.3, -0.25) is 4.98 Å². The highest BCUT2D eigenvalue weighted by Crippen LogP contribution is 2.11. The second-order valence-corrected chi connectivity index (χ2v) is 4.14. The fourth-order valence-corrected chi connectivity index (χ4v) is 1.75. The summed E-state index contributed by atoms with van der Waals surface area (Å²) in [7, 11) is 0. The monoisotopic (exact) mass is 243 g/mol. The quantitative estimate of drug-likeness (QED) is 0.742. The number of rotatable bonds is 4. The molecule has 0 radical (unpaired) electrons. The molecule has 0 aliphatic heterocycles. The van der Waals surface area contributed by atoms with E-state index in [0.29, 0.717) is 5.88 Å². The lowest BCUT2D eigenvalue weighted by Gasteiger charge is -2.01. The summed E-state index contributed by atoms with van der Waals surface area (Å²) in [5.41, 5.74) is 3.71. The van der Waals surface area contributed by atoms with E-state index in [1.54, 1.807) is 6.20 Å². The molecule has 0 aliphatic rings. The summed E-state index contributed by atoms with van der Waals surface area (Å²) < 4.78 is 0. The summed E-state index contributed by atoms with van der Waals surface area (Å²) in [6.45, 7) is 0. The first-order valence-electron chi connectivity index (χ1n) is 5.59. The molecule has 0 fully saturated rings.